The van der Waals surface area contributed by atoms with E-state index in [9.17, 15) is 14.1 Å². The first-order chi connectivity index (χ1) is 11.8. The third kappa shape index (κ3) is 6.46. The molecule has 1 fully saturated rings. The molecular weight excluding hydrogens is 356 g/mol. The van der Waals surface area contributed by atoms with E-state index >= 15 is 0 Å². The molecule has 7 nitrogen and oxygen atoms in total. The number of nitrogens with zero attached hydrogens (tertiary/aromatic N) is 2. The summed E-state index contributed by atoms with van der Waals surface area (Å²) >= 11 is -1.37. The molecule has 0 bridgehead atoms. The zero-order valence-corrected chi connectivity index (χ0v) is 17.8. The van der Waals surface area contributed by atoms with Crippen LogP contribution < -0.4 is 0 Å². The molecule has 0 aromatic carbocycles. The van der Waals surface area contributed by atoms with Crippen molar-refractivity contribution in [2.75, 3.05) is 20.2 Å². The lowest BCUT2D eigenvalue weighted by molar-refractivity contribution is -0.155. The van der Waals surface area contributed by atoms with Crippen LogP contribution in [-0.4, -0.2) is 58.3 Å². The van der Waals surface area contributed by atoms with E-state index in [0.717, 1.165) is 0 Å². The van der Waals surface area contributed by atoms with Gasteiger partial charge in [-0.2, -0.15) is 0 Å². The molecule has 150 valence electrons. The summed E-state index contributed by atoms with van der Waals surface area (Å²) in [5, 5.41) is 0. The number of piperidine rings is 1. The van der Waals surface area contributed by atoms with E-state index < -0.39 is 27.1 Å². The SMILES string of the molecule is COC(=O)C1(CC=N[S+]([O-])C(C)(C)C)CCN(C(=O)OC(C)(C)C)CC1. The van der Waals surface area contributed by atoms with Crippen LogP contribution in [0.4, 0.5) is 4.79 Å². The van der Waals surface area contributed by atoms with Crippen molar-refractivity contribution in [2.24, 2.45) is 9.81 Å². The van der Waals surface area contributed by atoms with E-state index in [1.165, 1.54) is 7.11 Å². The van der Waals surface area contributed by atoms with Crippen LogP contribution in [-0.2, 0) is 25.6 Å². The minimum absolute atomic E-state index is 0.325. The van der Waals surface area contributed by atoms with Crippen LogP contribution in [0.5, 0.6) is 0 Å². The molecule has 1 unspecified atom stereocenters. The number of carbonyl (C=O) groups is 2. The summed E-state index contributed by atoms with van der Waals surface area (Å²) < 4.78 is 26.1. The van der Waals surface area contributed by atoms with Crippen molar-refractivity contribution < 1.29 is 23.6 Å². The zero-order chi connectivity index (χ0) is 20.2. The van der Waals surface area contributed by atoms with Gasteiger partial charge in [-0.05, 0) is 54.4 Å². The van der Waals surface area contributed by atoms with Crippen molar-refractivity contribution in [2.45, 2.75) is 71.2 Å². The highest BCUT2D eigenvalue weighted by Crippen LogP contribution is 2.36. The van der Waals surface area contributed by atoms with Crippen LogP contribution in [0, 0.1) is 5.41 Å². The summed E-state index contributed by atoms with van der Waals surface area (Å²) in [6.45, 7) is 11.8. The van der Waals surface area contributed by atoms with Gasteiger partial charge in [0.15, 0.2) is 0 Å². The van der Waals surface area contributed by atoms with Gasteiger partial charge in [-0.15, -0.1) is 0 Å². The Hall–Kier alpha value is -1.28. The smallest absolute Gasteiger partial charge is 0.410 e. The van der Waals surface area contributed by atoms with Crippen molar-refractivity contribution in [3.8, 4) is 0 Å². The van der Waals surface area contributed by atoms with E-state index in [0.29, 0.717) is 32.4 Å². The van der Waals surface area contributed by atoms with Crippen LogP contribution in [0.1, 0.15) is 60.8 Å². The Morgan fingerprint density at radius 1 is 1.19 bits per heavy atom. The maximum Gasteiger partial charge on any atom is 0.410 e. The lowest BCUT2D eigenvalue weighted by Gasteiger charge is -2.39. The van der Waals surface area contributed by atoms with Crippen molar-refractivity contribution in [3.63, 3.8) is 0 Å². The van der Waals surface area contributed by atoms with Gasteiger partial charge in [-0.3, -0.25) is 4.79 Å². The van der Waals surface area contributed by atoms with Crippen LogP contribution in [0.3, 0.4) is 0 Å². The average Bonchev–Trinajstić information content (AvgIpc) is 2.51. The molecule has 1 aliphatic rings. The maximum absolute atomic E-state index is 12.4. The first-order valence-corrected chi connectivity index (χ1v) is 9.92. The van der Waals surface area contributed by atoms with Crippen molar-refractivity contribution >= 4 is 29.6 Å². The maximum atomic E-state index is 12.4. The number of carbonyl (C=O) groups excluding carboxylic acids is 2. The second-order valence-electron chi connectivity index (χ2n) is 8.59. The van der Waals surface area contributed by atoms with Crippen molar-refractivity contribution in [3.05, 3.63) is 0 Å². The lowest BCUT2D eigenvalue weighted by Crippen LogP contribution is -2.48. The number of ether oxygens (including phenoxy) is 2. The fraction of sp³-hybridized carbons (Fsp3) is 0.833. The van der Waals surface area contributed by atoms with Crippen molar-refractivity contribution in [1.29, 1.82) is 0 Å². The molecule has 0 aromatic heterocycles. The summed E-state index contributed by atoms with van der Waals surface area (Å²) in [7, 11) is 1.36. The molecule has 1 aliphatic heterocycles. The van der Waals surface area contributed by atoms with Gasteiger partial charge in [0.2, 0.25) is 0 Å². The Balaban J connectivity index is 2.77. The molecule has 0 spiro atoms. The molecule has 1 atom stereocenters. The van der Waals surface area contributed by atoms with Gasteiger partial charge in [0, 0.05) is 19.5 Å². The highest BCUT2D eigenvalue weighted by Gasteiger charge is 2.43. The Morgan fingerprint density at radius 3 is 2.15 bits per heavy atom. The molecule has 0 saturated carbocycles. The fourth-order valence-electron chi connectivity index (χ4n) is 2.59. The molecule has 0 radical (unpaired) electrons. The number of amides is 1. The van der Waals surface area contributed by atoms with Gasteiger partial charge in [0.05, 0.1) is 18.7 Å². The zero-order valence-electron chi connectivity index (χ0n) is 17.0. The second kappa shape index (κ2) is 8.61. The molecule has 1 rings (SSSR count). The predicted molar refractivity (Wildman–Crippen MR) is 102 cm³/mol. The summed E-state index contributed by atoms with van der Waals surface area (Å²) in [6, 6.07) is 0. The van der Waals surface area contributed by atoms with E-state index in [1.807, 2.05) is 41.5 Å². The van der Waals surface area contributed by atoms with Crippen molar-refractivity contribution in [1.82, 2.24) is 4.90 Å². The Kier molecular flexibility index (Phi) is 7.53. The van der Waals surface area contributed by atoms with E-state index in [1.54, 1.807) is 11.1 Å². The van der Waals surface area contributed by atoms with E-state index in [-0.39, 0.29) is 12.1 Å². The van der Waals surface area contributed by atoms with Gasteiger partial charge >= 0.3 is 12.1 Å². The molecule has 0 aliphatic carbocycles. The lowest BCUT2D eigenvalue weighted by atomic mass is 9.76. The number of likely N-dealkylation sites (tertiary alicyclic amines) is 1. The van der Waals surface area contributed by atoms with E-state index in [2.05, 4.69) is 4.40 Å². The van der Waals surface area contributed by atoms with E-state index in [4.69, 9.17) is 9.47 Å². The third-order valence-corrected chi connectivity index (χ3v) is 5.56. The third-order valence-electron chi connectivity index (χ3n) is 4.17. The van der Waals surface area contributed by atoms with Gasteiger partial charge in [-0.1, -0.05) is 4.40 Å². The quantitative estimate of drug-likeness (QED) is 0.419. The number of hydrogen-bond donors (Lipinski definition) is 0. The highest BCUT2D eigenvalue weighted by atomic mass is 32.2. The summed E-state index contributed by atoms with van der Waals surface area (Å²) in [6.07, 6.45) is 2.42. The predicted octanol–water partition coefficient (Wildman–Crippen LogP) is 3.10. The topological polar surface area (TPSA) is 91.3 Å². The number of esters is 1. The number of hydrogen-bond acceptors (Lipinski definition) is 6. The summed E-state index contributed by atoms with van der Waals surface area (Å²) in [5.41, 5.74) is -1.31. The molecule has 1 amide bonds. The Bertz CT molecular complexity index is 529. The summed E-state index contributed by atoms with van der Waals surface area (Å²) in [4.78, 5) is 26.2. The first-order valence-electron chi connectivity index (χ1n) is 8.82. The number of rotatable bonds is 4. The molecular formula is C18H32N2O5S. The minimum Gasteiger partial charge on any atom is -0.591 e. The average molecular weight is 389 g/mol. The van der Waals surface area contributed by atoms with Gasteiger partial charge in [0.1, 0.15) is 21.7 Å². The van der Waals surface area contributed by atoms with Gasteiger partial charge < -0.3 is 18.9 Å². The second-order valence-corrected chi connectivity index (χ2v) is 10.5. The van der Waals surface area contributed by atoms with Crippen LogP contribution in [0.25, 0.3) is 0 Å². The Labute approximate surface area is 159 Å². The minimum atomic E-state index is -1.37. The van der Waals surface area contributed by atoms with Gasteiger partial charge in [-0.25, -0.2) is 4.79 Å². The van der Waals surface area contributed by atoms with Gasteiger partial charge in [0.25, 0.3) is 0 Å². The molecule has 8 heteroatoms. The highest BCUT2D eigenvalue weighted by molar-refractivity contribution is 7.91. The number of methoxy groups -OCH3 is 1. The molecule has 0 N–H and O–H groups in total. The monoisotopic (exact) mass is 388 g/mol. The fourth-order valence-corrected chi connectivity index (χ4v) is 3.12. The Morgan fingerprint density at radius 2 is 1.73 bits per heavy atom. The standard InChI is InChI=1S/C18H32N2O5S/c1-16(2,3)25-15(22)20-12-9-18(10-13-20,14(21)24-7)8-11-19-26(23)17(4,5)6/h11H,8-10,12-13H2,1-7H3. The van der Waals surface area contributed by atoms with Crippen LogP contribution in [0.15, 0.2) is 4.40 Å². The van der Waals surface area contributed by atoms with Crippen LogP contribution in [0.2, 0.25) is 0 Å². The largest absolute Gasteiger partial charge is 0.591 e. The first kappa shape index (κ1) is 22.8. The molecule has 1 saturated heterocycles. The normalized spacial score (nSPS) is 19.3. The van der Waals surface area contributed by atoms with Crippen LogP contribution >= 0.6 is 0 Å². The molecule has 1 heterocycles. The summed E-state index contributed by atoms with van der Waals surface area (Å²) in [5.74, 6) is -0.325. The molecule has 0 aromatic rings. The molecule has 26 heavy (non-hydrogen) atoms.